The zero-order valence-electron chi connectivity index (χ0n) is 17.4. The van der Waals surface area contributed by atoms with Crippen molar-refractivity contribution in [1.82, 2.24) is 15.3 Å². The summed E-state index contributed by atoms with van der Waals surface area (Å²) in [4.78, 5) is 23.5. The van der Waals surface area contributed by atoms with Crippen LogP contribution < -0.4 is 10.2 Å². The minimum atomic E-state index is -0.922. The van der Waals surface area contributed by atoms with Crippen LogP contribution in [-0.4, -0.2) is 48.1 Å². The van der Waals surface area contributed by atoms with Gasteiger partial charge < -0.3 is 10.2 Å². The molecule has 2 aliphatic heterocycles. The summed E-state index contributed by atoms with van der Waals surface area (Å²) in [5.74, 6) is 0.725. The molecule has 2 saturated heterocycles. The first kappa shape index (κ1) is 20.7. The van der Waals surface area contributed by atoms with Gasteiger partial charge in [-0.15, -0.1) is 0 Å². The molecule has 1 N–H and O–H groups in total. The maximum absolute atomic E-state index is 14.1. The molecule has 30 heavy (non-hydrogen) atoms. The second kappa shape index (κ2) is 9.05. The van der Waals surface area contributed by atoms with E-state index >= 15 is 0 Å². The summed E-state index contributed by atoms with van der Waals surface area (Å²) in [7, 11) is 0. The average molecular weight is 410 g/mol. The van der Waals surface area contributed by atoms with Crippen LogP contribution in [0.3, 0.4) is 0 Å². The number of halogens is 1. The Bertz CT molecular complexity index is 958. The number of alkyl halides is 1. The van der Waals surface area contributed by atoms with E-state index in [4.69, 9.17) is 0 Å². The molecule has 3 heterocycles. The molecule has 1 aromatic carbocycles. The molecule has 0 saturated carbocycles. The lowest BCUT2D eigenvalue weighted by molar-refractivity contribution is -0.121. The van der Waals surface area contributed by atoms with E-state index in [1.807, 2.05) is 12.1 Å². The third-order valence-corrected chi connectivity index (χ3v) is 6.41. The summed E-state index contributed by atoms with van der Waals surface area (Å²) in [5.41, 5.74) is 2.21. The minimum absolute atomic E-state index is 0.143. The normalized spacial score (nSPS) is 27.0. The number of nitrogens with one attached hydrogen (secondary N) is 1. The van der Waals surface area contributed by atoms with Gasteiger partial charge in [-0.05, 0) is 49.3 Å². The van der Waals surface area contributed by atoms with Gasteiger partial charge in [-0.1, -0.05) is 6.92 Å². The molecular weight excluding hydrogens is 381 g/mol. The quantitative estimate of drug-likeness (QED) is 0.816. The van der Waals surface area contributed by atoms with Crippen LogP contribution in [0.25, 0.3) is 10.9 Å². The Balaban J connectivity index is 1.48. The van der Waals surface area contributed by atoms with Crippen molar-refractivity contribution in [2.75, 3.05) is 31.1 Å². The number of piperidine rings is 2. The molecule has 1 aromatic heterocycles. The number of nitriles is 1. The van der Waals surface area contributed by atoms with E-state index in [0.717, 1.165) is 43.5 Å². The van der Waals surface area contributed by atoms with Gasteiger partial charge in [0.2, 0.25) is 0 Å². The summed E-state index contributed by atoms with van der Waals surface area (Å²) < 4.78 is 14.1. The maximum Gasteiger partial charge on any atom is 0.133 e. The molecule has 2 aliphatic rings. The number of hydrogen-bond donors (Lipinski definition) is 1. The predicted octanol–water partition coefficient (Wildman–Crippen LogP) is 3.26. The zero-order valence-corrected chi connectivity index (χ0v) is 17.4. The predicted molar refractivity (Wildman–Crippen MR) is 114 cm³/mol. The number of carbonyl (C=O) groups excluding carboxylic acids is 1. The van der Waals surface area contributed by atoms with E-state index in [0.29, 0.717) is 36.4 Å². The fraction of sp³-hybridized carbons (Fsp3) is 0.565. The highest BCUT2D eigenvalue weighted by Crippen LogP contribution is 2.34. The van der Waals surface area contributed by atoms with Crippen molar-refractivity contribution < 1.29 is 9.18 Å². The standard InChI is InChI=1S/C23H28FN5O/c1-15-6-16(7-19(30)8-17-4-5-26-11-21(17)24)13-29(12-15)22-3-2-18(9-25)23-20(22)10-27-14-28-23/h2-3,10,14-17,21,26H,4-8,11-13H2,1H3/t15-,16-,17+,21+/m0/s1. The highest BCUT2D eigenvalue weighted by atomic mass is 19.1. The van der Waals surface area contributed by atoms with E-state index in [1.165, 1.54) is 6.33 Å². The molecular formula is C23H28FN5O. The molecule has 0 bridgehead atoms. The molecule has 0 amide bonds. The highest BCUT2D eigenvalue weighted by Gasteiger charge is 2.31. The Morgan fingerprint density at radius 2 is 2.23 bits per heavy atom. The Kier molecular flexibility index (Phi) is 6.24. The molecule has 158 valence electrons. The van der Waals surface area contributed by atoms with Crippen LogP contribution in [0.5, 0.6) is 0 Å². The molecule has 7 heteroatoms. The lowest BCUT2D eigenvalue weighted by Crippen LogP contribution is -2.41. The Labute approximate surface area is 176 Å². The van der Waals surface area contributed by atoms with Gasteiger partial charge in [0.15, 0.2) is 0 Å². The number of anilines is 1. The molecule has 0 spiro atoms. The van der Waals surface area contributed by atoms with Crippen molar-refractivity contribution in [3.05, 3.63) is 30.2 Å². The van der Waals surface area contributed by atoms with Gasteiger partial charge >= 0.3 is 0 Å². The van der Waals surface area contributed by atoms with Crippen molar-refractivity contribution in [2.45, 2.75) is 38.8 Å². The number of ketones is 1. The van der Waals surface area contributed by atoms with Gasteiger partial charge in [0.25, 0.3) is 0 Å². The van der Waals surface area contributed by atoms with Crippen LogP contribution in [0, 0.1) is 29.1 Å². The fourth-order valence-electron chi connectivity index (χ4n) is 5.06. The fourth-order valence-corrected chi connectivity index (χ4v) is 5.06. The Morgan fingerprint density at radius 1 is 1.37 bits per heavy atom. The van der Waals surface area contributed by atoms with Crippen molar-refractivity contribution in [2.24, 2.45) is 17.8 Å². The van der Waals surface area contributed by atoms with E-state index in [2.05, 4.69) is 33.2 Å². The third-order valence-electron chi connectivity index (χ3n) is 6.41. The molecule has 0 radical (unpaired) electrons. The molecule has 4 rings (SSSR count). The smallest absolute Gasteiger partial charge is 0.133 e. The SMILES string of the molecule is C[C@H]1C[C@@H](CC(=O)C[C@H]2CCNC[C@H]2F)CN(c2ccc(C#N)c3ncncc23)C1. The van der Waals surface area contributed by atoms with E-state index in [1.54, 1.807) is 6.20 Å². The molecule has 2 aromatic rings. The van der Waals surface area contributed by atoms with Crippen LogP contribution in [0.2, 0.25) is 0 Å². The topological polar surface area (TPSA) is 81.9 Å². The number of rotatable bonds is 5. The Morgan fingerprint density at radius 3 is 3.03 bits per heavy atom. The monoisotopic (exact) mass is 409 g/mol. The highest BCUT2D eigenvalue weighted by molar-refractivity contribution is 5.94. The zero-order chi connectivity index (χ0) is 21.1. The summed E-state index contributed by atoms with van der Waals surface area (Å²) in [6.07, 6.45) is 4.89. The maximum atomic E-state index is 14.1. The average Bonchev–Trinajstić information content (AvgIpc) is 2.74. The van der Waals surface area contributed by atoms with E-state index in [9.17, 15) is 14.4 Å². The number of Topliss-reactive ketones (excluding diaryl/α,β-unsaturated/α-hetero) is 1. The number of nitrogens with zero attached hydrogens (tertiary/aromatic N) is 4. The first-order chi connectivity index (χ1) is 14.5. The number of aromatic nitrogens is 2. The first-order valence-corrected chi connectivity index (χ1v) is 10.8. The van der Waals surface area contributed by atoms with Gasteiger partial charge in [-0.25, -0.2) is 14.4 Å². The van der Waals surface area contributed by atoms with Crippen molar-refractivity contribution in [3.63, 3.8) is 0 Å². The van der Waals surface area contributed by atoms with Crippen LogP contribution >= 0.6 is 0 Å². The number of hydrogen-bond acceptors (Lipinski definition) is 6. The minimum Gasteiger partial charge on any atom is -0.370 e. The summed E-state index contributed by atoms with van der Waals surface area (Å²) >= 11 is 0. The van der Waals surface area contributed by atoms with Gasteiger partial charge in [0.1, 0.15) is 24.4 Å². The lowest BCUT2D eigenvalue weighted by Gasteiger charge is -2.38. The molecule has 2 fully saturated rings. The number of fused-ring (bicyclic) bond motifs is 1. The molecule has 0 aliphatic carbocycles. The van der Waals surface area contributed by atoms with Crippen LogP contribution in [-0.2, 0) is 4.79 Å². The second-order valence-electron chi connectivity index (χ2n) is 8.86. The lowest BCUT2D eigenvalue weighted by atomic mass is 9.83. The van der Waals surface area contributed by atoms with Crippen LogP contribution in [0.4, 0.5) is 10.1 Å². The van der Waals surface area contributed by atoms with Gasteiger partial charge in [0.05, 0.1) is 11.1 Å². The van der Waals surface area contributed by atoms with Crippen LogP contribution in [0.1, 0.15) is 38.2 Å². The third kappa shape index (κ3) is 4.44. The second-order valence-corrected chi connectivity index (χ2v) is 8.86. The Hall–Kier alpha value is -2.59. The summed E-state index contributed by atoms with van der Waals surface area (Å²) in [6.45, 7) is 5.02. The van der Waals surface area contributed by atoms with E-state index in [-0.39, 0.29) is 17.6 Å². The number of carbonyl (C=O) groups is 1. The molecule has 6 nitrogen and oxygen atoms in total. The van der Waals surface area contributed by atoms with Crippen molar-refractivity contribution in [1.29, 1.82) is 5.26 Å². The van der Waals surface area contributed by atoms with Crippen LogP contribution in [0.15, 0.2) is 24.7 Å². The molecule has 0 unspecified atom stereocenters. The van der Waals surface area contributed by atoms with Gasteiger partial charge in [-0.3, -0.25) is 4.79 Å². The largest absolute Gasteiger partial charge is 0.370 e. The van der Waals surface area contributed by atoms with Gasteiger partial charge in [0, 0.05) is 49.7 Å². The summed E-state index contributed by atoms with van der Waals surface area (Å²) in [6, 6.07) is 5.97. The number of benzene rings is 1. The van der Waals surface area contributed by atoms with Crippen molar-refractivity contribution in [3.8, 4) is 6.07 Å². The van der Waals surface area contributed by atoms with Crippen molar-refractivity contribution >= 4 is 22.4 Å². The summed E-state index contributed by atoms with van der Waals surface area (Å²) in [5, 5.41) is 13.3. The van der Waals surface area contributed by atoms with E-state index < -0.39 is 6.17 Å². The van der Waals surface area contributed by atoms with Gasteiger partial charge in [-0.2, -0.15) is 5.26 Å². The first-order valence-electron chi connectivity index (χ1n) is 10.8. The molecule has 4 atom stereocenters.